The molecule has 4 rings (SSSR count). The number of para-hydroxylation sites is 2. The van der Waals surface area contributed by atoms with Crippen LogP contribution in [-0.4, -0.2) is 21.8 Å². The summed E-state index contributed by atoms with van der Waals surface area (Å²) in [5, 5.41) is 4.92. The summed E-state index contributed by atoms with van der Waals surface area (Å²) in [6, 6.07) is 21.5. The lowest BCUT2D eigenvalue weighted by Crippen LogP contribution is -2.23. The average Bonchev–Trinajstić information content (AvgIpc) is 2.79. The molecular formula is C26H23N3O3. The van der Waals surface area contributed by atoms with Crippen molar-refractivity contribution in [3.63, 3.8) is 0 Å². The summed E-state index contributed by atoms with van der Waals surface area (Å²) in [6.45, 7) is 5.83. The minimum Gasteiger partial charge on any atom is -0.422 e. The van der Waals surface area contributed by atoms with Gasteiger partial charge in [0.2, 0.25) is 0 Å². The largest absolute Gasteiger partial charge is 0.422 e. The Morgan fingerprint density at radius 1 is 1.03 bits per heavy atom. The molecule has 1 aromatic heterocycles. The van der Waals surface area contributed by atoms with Crippen LogP contribution in [0.25, 0.3) is 10.9 Å². The summed E-state index contributed by atoms with van der Waals surface area (Å²) >= 11 is 0. The Kier molecular flexibility index (Phi) is 5.94. The molecular weight excluding hydrogens is 402 g/mol. The minimum absolute atomic E-state index is 0.0150. The van der Waals surface area contributed by atoms with Gasteiger partial charge in [-0.3, -0.25) is 4.79 Å². The van der Waals surface area contributed by atoms with E-state index in [0.717, 1.165) is 5.56 Å². The van der Waals surface area contributed by atoms with Crippen LogP contribution in [-0.2, 0) is 0 Å². The van der Waals surface area contributed by atoms with Crippen molar-refractivity contribution in [2.45, 2.75) is 26.7 Å². The van der Waals surface area contributed by atoms with Crippen molar-refractivity contribution in [1.82, 2.24) is 9.66 Å². The Hall–Kier alpha value is -4.06. The molecule has 3 aromatic carbocycles. The van der Waals surface area contributed by atoms with Gasteiger partial charge in [-0.25, -0.2) is 9.78 Å². The molecule has 0 fully saturated rings. The predicted molar refractivity (Wildman–Crippen MR) is 126 cm³/mol. The van der Waals surface area contributed by atoms with Gasteiger partial charge in [-0.05, 0) is 43.3 Å². The van der Waals surface area contributed by atoms with Gasteiger partial charge in [0, 0.05) is 11.5 Å². The van der Waals surface area contributed by atoms with Crippen molar-refractivity contribution in [3.8, 4) is 5.75 Å². The highest BCUT2D eigenvalue weighted by atomic mass is 16.5. The van der Waals surface area contributed by atoms with Crippen LogP contribution < -0.4 is 10.3 Å². The fourth-order valence-corrected chi connectivity index (χ4v) is 3.36. The first-order valence-electron chi connectivity index (χ1n) is 10.4. The van der Waals surface area contributed by atoms with Crippen LogP contribution in [0.2, 0.25) is 0 Å². The summed E-state index contributed by atoms with van der Waals surface area (Å²) in [5.74, 6) is 0.440. The first kappa shape index (κ1) is 21.2. The molecule has 6 heteroatoms. The van der Waals surface area contributed by atoms with E-state index in [2.05, 4.69) is 10.1 Å². The van der Waals surface area contributed by atoms with Crippen LogP contribution in [0.3, 0.4) is 0 Å². The number of fused-ring (bicyclic) bond motifs is 1. The molecule has 0 radical (unpaired) electrons. The number of esters is 1. The van der Waals surface area contributed by atoms with Gasteiger partial charge < -0.3 is 4.74 Å². The van der Waals surface area contributed by atoms with Gasteiger partial charge >= 0.3 is 5.97 Å². The zero-order chi connectivity index (χ0) is 22.7. The molecule has 0 bridgehead atoms. The molecule has 160 valence electrons. The molecule has 0 aliphatic heterocycles. The molecule has 0 unspecified atom stereocenters. The zero-order valence-corrected chi connectivity index (χ0v) is 18.1. The maximum Gasteiger partial charge on any atom is 0.343 e. The number of hydrogen-bond acceptors (Lipinski definition) is 5. The predicted octanol–water partition coefficient (Wildman–Crippen LogP) is 4.93. The summed E-state index contributed by atoms with van der Waals surface area (Å²) in [6.07, 6.45) is 1.52. The minimum atomic E-state index is -0.457. The summed E-state index contributed by atoms with van der Waals surface area (Å²) < 4.78 is 6.93. The molecule has 4 aromatic rings. The Balaban J connectivity index is 1.71. The maximum atomic E-state index is 13.1. The van der Waals surface area contributed by atoms with E-state index >= 15 is 0 Å². The average molecular weight is 425 g/mol. The monoisotopic (exact) mass is 425 g/mol. The fourth-order valence-electron chi connectivity index (χ4n) is 3.36. The van der Waals surface area contributed by atoms with Crippen LogP contribution in [0.15, 0.2) is 82.7 Å². The lowest BCUT2D eigenvalue weighted by Gasteiger charge is -2.12. The van der Waals surface area contributed by atoms with Gasteiger partial charge in [0.1, 0.15) is 11.6 Å². The topological polar surface area (TPSA) is 73.5 Å². The number of aromatic nitrogens is 2. The zero-order valence-electron chi connectivity index (χ0n) is 18.1. The Labute approximate surface area is 185 Å². The van der Waals surface area contributed by atoms with E-state index in [0.29, 0.717) is 33.6 Å². The van der Waals surface area contributed by atoms with E-state index < -0.39 is 5.97 Å². The van der Waals surface area contributed by atoms with Gasteiger partial charge in [-0.15, -0.1) is 0 Å². The normalized spacial score (nSPS) is 11.4. The second kappa shape index (κ2) is 8.98. The quantitative estimate of drug-likeness (QED) is 0.258. The van der Waals surface area contributed by atoms with Crippen LogP contribution in [0.1, 0.15) is 47.1 Å². The first-order valence-corrected chi connectivity index (χ1v) is 10.4. The molecule has 0 saturated carbocycles. The van der Waals surface area contributed by atoms with Crippen LogP contribution >= 0.6 is 0 Å². The molecule has 0 aliphatic rings. The van der Waals surface area contributed by atoms with E-state index in [-0.39, 0.29) is 11.5 Å². The number of aryl methyl sites for hydroxylation is 1. The van der Waals surface area contributed by atoms with Gasteiger partial charge in [0.25, 0.3) is 5.56 Å². The Bertz CT molecular complexity index is 1390. The number of carbonyl (C=O) groups is 1. The van der Waals surface area contributed by atoms with E-state index in [1.54, 1.807) is 42.5 Å². The lowest BCUT2D eigenvalue weighted by atomic mass is 10.1. The number of ether oxygens (including phenoxy) is 1. The van der Waals surface area contributed by atoms with Crippen LogP contribution in [0, 0.1) is 6.92 Å². The van der Waals surface area contributed by atoms with Gasteiger partial charge in [0.15, 0.2) is 0 Å². The number of rotatable bonds is 5. The van der Waals surface area contributed by atoms with E-state index in [1.165, 1.54) is 10.9 Å². The Morgan fingerprint density at radius 3 is 2.56 bits per heavy atom. The molecule has 0 saturated heterocycles. The van der Waals surface area contributed by atoms with Crippen molar-refractivity contribution in [3.05, 3.63) is 106 Å². The highest BCUT2D eigenvalue weighted by molar-refractivity contribution is 5.93. The molecule has 0 atom stereocenters. The number of carbonyl (C=O) groups excluding carboxylic acids is 1. The number of hydrogen-bond donors (Lipinski definition) is 0. The highest BCUT2D eigenvalue weighted by Crippen LogP contribution is 2.19. The van der Waals surface area contributed by atoms with Crippen molar-refractivity contribution >= 4 is 23.1 Å². The second-order valence-electron chi connectivity index (χ2n) is 7.80. The van der Waals surface area contributed by atoms with Crippen molar-refractivity contribution in [2.24, 2.45) is 5.10 Å². The molecule has 6 nitrogen and oxygen atoms in total. The van der Waals surface area contributed by atoms with Crippen LogP contribution in [0.4, 0.5) is 0 Å². The SMILES string of the molecule is Cc1cccc(C(=O)Oc2ccccc2C=Nn2c(C(C)C)nc3ccccc3c2=O)c1. The van der Waals surface area contributed by atoms with Crippen molar-refractivity contribution in [2.75, 3.05) is 0 Å². The van der Waals surface area contributed by atoms with Crippen LogP contribution in [0.5, 0.6) is 5.75 Å². The first-order chi connectivity index (χ1) is 15.4. The van der Waals surface area contributed by atoms with E-state index in [9.17, 15) is 9.59 Å². The number of benzene rings is 3. The molecule has 0 spiro atoms. The fraction of sp³-hybridized carbons (Fsp3) is 0.154. The van der Waals surface area contributed by atoms with Gasteiger partial charge in [-0.2, -0.15) is 9.78 Å². The lowest BCUT2D eigenvalue weighted by molar-refractivity contribution is 0.0734. The van der Waals surface area contributed by atoms with Gasteiger partial charge in [-0.1, -0.05) is 55.8 Å². The molecule has 0 amide bonds. The van der Waals surface area contributed by atoms with Gasteiger partial charge in [0.05, 0.1) is 22.7 Å². The Morgan fingerprint density at radius 2 is 1.78 bits per heavy atom. The smallest absolute Gasteiger partial charge is 0.343 e. The third-order valence-electron chi connectivity index (χ3n) is 4.98. The molecule has 32 heavy (non-hydrogen) atoms. The molecule has 0 N–H and O–H groups in total. The highest BCUT2D eigenvalue weighted by Gasteiger charge is 2.14. The van der Waals surface area contributed by atoms with E-state index in [1.807, 2.05) is 51.1 Å². The standard InChI is InChI=1S/C26H23N3O3/c1-17(2)24-28-22-13-6-5-12-21(22)25(30)29(24)27-16-20-10-4-7-14-23(20)32-26(31)19-11-8-9-18(3)15-19/h4-17H,1-3H3. The summed E-state index contributed by atoms with van der Waals surface area (Å²) in [7, 11) is 0. The summed E-state index contributed by atoms with van der Waals surface area (Å²) in [5.41, 5.74) is 2.40. The van der Waals surface area contributed by atoms with Crippen molar-refractivity contribution < 1.29 is 9.53 Å². The molecule has 1 heterocycles. The van der Waals surface area contributed by atoms with E-state index in [4.69, 9.17) is 4.74 Å². The third-order valence-corrected chi connectivity index (χ3v) is 4.98. The maximum absolute atomic E-state index is 13.1. The third kappa shape index (κ3) is 4.34. The number of nitrogens with zero attached hydrogens (tertiary/aromatic N) is 3. The van der Waals surface area contributed by atoms with Crippen molar-refractivity contribution in [1.29, 1.82) is 0 Å². The summed E-state index contributed by atoms with van der Waals surface area (Å²) in [4.78, 5) is 30.3. The molecule has 0 aliphatic carbocycles. The second-order valence-corrected chi connectivity index (χ2v) is 7.80.